The third kappa shape index (κ3) is 5.10. The van der Waals surface area contributed by atoms with E-state index in [1.54, 1.807) is 11.7 Å². The van der Waals surface area contributed by atoms with Crippen LogP contribution in [0, 0.1) is 17.6 Å². The fourth-order valence-electron chi connectivity index (χ4n) is 4.26. The van der Waals surface area contributed by atoms with E-state index in [2.05, 4.69) is 15.4 Å². The van der Waals surface area contributed by atoms with E-state index in [4.69, 9.17) is 16.6 Å². The van der Waals surface area contributed by atoms with E-state index < -0.39 is 23.5 Å². The minimum Gasteiger partial charge on any atom is -0.481 e. The number of nitrogen functional groups attached to an aromatic ring is 1. The number of halogens is 2. The van der Waals surface area contributed by atoms with Crippen LogP contribution in [0.5, 0.6) is 0 Å². The molecule has 2 atom stereocenters. The van der Waals surface area contributed by atoms with Crippen LogP contribution in [0.3, 0.4) is 0 Å². The zero-order valence-electron chi connectivity index (χ0n) is 18.9. The van der Waals surface area contributed by atoms with E-state index in [-0.39, 0.29) is 39.6 Å². The van der Waals surface area contributed by atoms with Crippen LogP contribution in [0.4, 0.5) is 25.3 Å². The molecule has 1 fully saturated rings. The van der Waals surface area contributed by atoms with Crippen LogP contribution in [0.15, 0.2) is 24.4 Å². The molecule has 186 valence electrons. The van der Waals surface area contributed by atoms with Crippen LogP contribution in [0.1, 0.15) is 29.8 Å². The van der Waals surface area contributed by atoms with Crippen molar-refractivity contribution in [2.75, 3.05) is 29.0 Å². The molecule has 1 amide bonds. The number of hydrogen-bond acceptors (Lipinski definition) is 8. The Morgan fingerprint density at radius 1 is 1.26 bits per heavy atom. The molecular weight excluding hydrogens is 480 g/mol. The summed E-state index contributed by atoms with van der Waals surface area (Å²) in [5.74, 6) is -2.68. The van der Waals surface area contributed by atoms with Crippen molar-refractivity contribution in [3.63, 3.8) is 0 Å². The summed E-state index contributed by atoms with van der Waals surface area (Å²) in [4.78, 5) is 30.3. The Hall–Kier alpha value is -3.58. The Morgan fingerprint density at radius 2 is 1.94 bits per heavy atom. The fourth-order valence-corrected chi connectivity index (χ4v) is 5.13. The lowest BCUT2D eigenvalue weighted by Crippen LogP contribution is -2.31. The van der Waals surface area contributed by atoms with E-state index in [1.807, 2.05) is 4.90 Å². The number of benzene rings is 1. The third-order valence-corrected chi connectivity index (χ3v) is 6.95. The number of nitrogens with zero attached hydrogens (tertiary/aromatic N) is 4. The van der Waals surface area contributed by atoms with E-state index in [0.717, 1.165) is 23.5 Å². The number of aliphatic carboxylic acids is 1. The molecule has 1 saturated heterocycles. The topological polar surface area (TPSA) is 152 Å². The second-order valence-electron chi connectivity index (χ2n) is 8.37. The molecule has 1 aromatic carbocycles. The summed E-state index contributed by atoms with van der Waals surface area (Å²) in [6, 6.07) is 3.19. The van der Waals surface area contributed by atoms with Gasteiger partial charge in [0, 0.05) is 32.6 Å². The Kier molecular flexibility index (Phi) is 6.98. The zero-order chi connectivity index (χ0) is 25.3. The second kappa shape index (κ2) is 9.96. The first-order chi connectivity index (χ1) is 16.7. The van der Waals surface area contributed by atoms with Gasteiger partial charge < -0.3 is 26.8 Å². The van der Waals surface area contributed by atoms with Crippen molar-refractivity contribution in [2.45, 2.75) is 25.3 Å². The van der Waals surface area contributed by atoms with Gasteiger partial charge in [0.25, 0.3) is 5.91 Å². The average molecular weight is 506 g/mol. The number of carbonyl (C=O) groups excluding carboxylic acids is 1. The SMILES string of the molecule is Cn1ncc(NC(=O)c2nc(-c3c(F)cccc3F)sc2N)c1N1CC[C@@H](CC(=O)O)[C@@H](N)CC1. The Labute approximate surface area is 203 Å². The van der Waals surface area contributed by atoms with Gasteiger partial charge >= 0.3 is 5.97 Å². The maximum absolute atomic E-state index is 14.2. The lowest BCUT2D eigenvalue weighted by molar-refractivity contribution is -0.138. The van der Waals surface area contributed by atoms with Gasteiger partial charge in [0.05, 0.1) is 11.8 Å². The summed E-state index contributed by atoms with van der Waals surface area (Å²) in [6.45, 7) is 1.08. The van der Waals surface area contributed by atoms with Crippen LogP contribution < -0.4 is 21.7 Å². The van der Waals surface area contributed by atoms with Crippen molar-refractivity contribution < 1.29 is 23.5 Å². The number of aryl methyl sites for hydroxylation is 1. The molecule has 6 N–H and O–H groups in total. The molecule has 3 heterocycles. The molecule has 2 aromatic heterocycles. The Bertz CT molecular complexity index is 1240. The van der Waals surface area contributed by atoms with Gasteiger partial charge in [-0.3, -0.25) is 14.3 Å². The Balaban J connectivity index is 1.55. The molecule has 0 aliphatic carbocycles. The average Bonchev–Trinajstić information content (AvgIpc) is 3.29. The largest absolute Gasteiger partial charge is 0.481 e. The Morgan fingerprint density at radius 3 is 2.63 bits per heavy atom. The van der Waals surface area contributed by atoms with E-state index in [0.29, 0.717) is 37.4 Å². The van der Waals surface area contributed by atoms with Crippen molar-refractivity contribution >= 4 is 39.7 Å². The number of carboxylic acids is 1. The maximum Gasteiger partial charge on any atom is 0.303 e. The van der Waals surface area contributed by atoms with Gasteiger partial charge in [-0.25, -0.2) is 13.8 Å². The highest BCUT2D eigenvalue weighted by Crippen LogP contribution is 2.35. The van der Waals surface area contributed by atoms with Gasteiger partial charge in [0.1, 0.15) is 27.3 Å². The van der Waals surface area contributed by atoms with Crippen molar-refractivity contribution in [3.05, 3.63) is 41.7 Å². The molecule has 0 saturated carbocycles. The van der Waals surface area contributed by atoms with Crippen LogP contribution in [-0.4, -0.2) is 50.9 Å². The minimum atomic E-state index is -0.886. The van der Waals surface area contributed by atoms with Gasteiger partial charge in [-0.05, 0) is 30.9 Å². The van der Waals surface area contributed by atoms with Gasteiger partial charge in [-0.2, -0.15) is 5.10 Å². The molecule has 13 heteroatoms. The number of nitrogens with one attached hydrogen (secondary N) is 1. The second-order valence-corrected chi connectivity index (χ2v) is 9.40. The van der Waals surface area contributed by atoms with Gasteiger partial charge in [0.15, 0.2) is 11.5 Å². The highest BCUT2D eigenvalue weighted by Gasteiger charge is 2.29. The predicted octanol–water partition coefficient (Wildman–Crippen LogP) is 2.67. The summed E-state index contributed by atoms with van der Waals surface area (Å²) < 4.78 is 29.9. The molecule has 10 nitrogen and oxygen atoms in total. The smallest absolute Gasteiger partial charge is 0.303 e. The van der Waals surface area contributed by atoms with E-state index in [1.165, 1.54) is 12.3 Å². The van der Waals surface area contributed by atoms with Crippen molar-refractivity contribution in [1.82, 2.24) is 14.8 Å². The normalized spacial score (nSPS) is 18.3. The number of nitrogens with two attached hydrogens (primary N) is 2. The number of hydrogen-bond donors (Lipinski definition) is 4. The first-order valence-corrected chi connectivity index (χ1v) is 11.7. The van der Waals surface area contributed by atoms with Crippen LogP contribution in [0.25, 0.3) is 10.6 Å². The summed E-state index contributed by atoms with van der Waals surface area (Å²) in [7, 11) is 1.72. The number of amides is 1. The number of anilines is 3. The molecule has 3 aromatic rings. The quantitative estimate of drug-likeness (QED) is 0.399. The van der Waals surface area contributed by atoms with Gasteiger partial charge in [-0.15, -0.1) is 0 Å². The van der Waals surface area contributed by atoms with Crippen molar-refractivity contribution in [1.29, 1.82) is 0 Å². The molecule has 1 aliphatic heterocycles. The summed E-state index contributed by atoms with van der Waals surface area (Å²) >= 11 is 0.813. The molecule has 4 rings (SSSR count). The van der Waals surface area contributed by atoms with Gasteiger partial charge in [-0.1, -0.05) is 17.4 Å². The van der Waals surface area contributed by atoms with E-state index >= 15 is 0 Å². The highest BCUT2D eigenvalue weighted by molar-refractivity contribution is 7.19. The first-order valence-electron chi connectivity index (χ1n) is 10.9. The van der Waals surface area contributed by atoms with Crippen LogP contribution in [-0.2, 0) is 11.8 Å². The van der Waals surface area contributed by atoms with Gasteiger partial charge in [0.2, 0.25) is 0 Å². The first kappa shape index (κ1) is 24.5. The molecule has 0 bridgehead atoms. The summed E-state index contributed by atoms with van der Waals surface area (Å²) in [6.07, 6.45) is 2.63. The number of rotatable bonds is 6. The molecule has 35 heavy (non-hydrogen) atoms. The third-order valence-electron chi connectivity index (χ3n) is 6.04. The number of carbonyl (C=O) groups is 2. The fraction of sp³-hybridized carbons (Fsp3) is 0.364. The predicted molar refractivity (Wildman–Crippen MR) is 128 cm³/mol. The van der Waals surface area contributed by atoms with Crippen molar-refractivity contribution in [2.24, 2.45) is 18.7 Å². The summed E-state index contributed by atoms with van der Waals surface area (Å²) in [5, 5.41) is 16.1. The zero-order valence-corrected chi connectivity index (χ0v) is 19.7. The summed E-state index contributed by atoms with van der Waals surface area (Å²) in [5.41, 5.74) is 12.1. The molecule has 0 radical (unpaired) electrons. The molecule has 0 unspecified atom stereocenters. The number of aromatic nitrogens is 3. The van der Waals surface area contributed by atoms with E-state index in [9.17, 15) is 18.4 Å². The number of thiazole rings is 1. The highest BCUT2D eigenvalue weighted by atomic mass is 32.1. The number of carboxylic acid groups (broad SMARTS) is 1. The van der Waals surface area contributed by atoms with Crippen LogP contribution in [0.2, 0.25) is 0 Å². The molecule has 0 spiro atoms. The van der Waals surface area contributed by atoms with Crippen LogP contribution >= 0.6 is 11.3 Å². The maximum atomic E-state index is 14.2. The lowest BCUT2D eigenvalue weighted by Gasteiger charge is -2.24. The minimum absolute atomic E-state index is 0.00196. The monoisotopic (exact) mass is 505 g/mol. The standard InChI is InChI=1S/C22H25F2N7O3S/c1-30-22(31-7-5-11(9-16(32)33)14(25)6-8-31)15(10-27-30)28-20(34)18-19(26)35-21(29-18)17-12(23)3-2-4-13(17)24/h2-4,10-11,14H,5-9,25-26H2,1H3,(H,28,34)(H,32,33)/t11-,14-/m0/s1. The molecule has 1 aliphatic rings. The lowest BCUT2D eigenvalue weighted by atomic mass is 9.92. The van der Waals surface area contributed by atoms with Crippen molar-refractivity contribution in [3.8, 4) is 10.6 Å². The molecular formula is C22H25F2N7O3S.